The van der Waals surface area contributed by atoms with Gasteiger partial charge in [-0.2, -0.15) is 0 Å². The number of halogens is 2. The van der Waals surface area contributed by atoms with E-state index in [1.165, 1.54) is 50.6 Å². The van der Waals surface area contributed by atoms with Crippen molar-refractivity contribution in [3.05, 3.63) is 76.3 Å². The summed E-state index contributed by atoms with van der Waals surface area (Å²) in [5.74, 6) is 0.140. The van der Waals surface area contributed by atoms with Crippen LogP contribution in [0.4, 0.5) is 11.4 Å². The van der Waals surface area contributed by atoms with Crippen LogP contribution < -0.4 is 19.5 Å². The summed E-state index contributed by atoms with van der Waals surface area (Å²) in [6.07, 6.45) is 0. The molecule has 10 heteroatoms. The third-order valence-electron chi connectivity index (χ3n) is 4.26. The highest BCUT2D eigenvalue weighted by atomic mass is 35.5. The average Bonchev–Trinajstić information content (AvgIpc) is 2.75. The molecular formula is C21H18Cl2N2O5S. The van der Waals surface area contributed by atoms with Gasteiger partial charge in [0, 0.05) is 5.56 Å². The van der Waals surface area contributed by atoms with Gasteiger partial charge in [-0.25, -0.2) is 8.42 Å². The maximum atomic E-state index is 12.9. The Kier molecular flexibility index (Phi) is 6.94. The lowest BCUT2D eigenvalue weighted by Gasteiger charge is -2.15. The van der Waals surface area contributed by atoms with E-state index in [2.05, 4.69) is 10.0 Å². The molecule has 1 amide bonds. The number of hydrogen-bond acceptors (Lipinski definition) is 5. The Balaban J connectivity index is 1.92. The van der Waals surface area contributed by atoms with Crippen LogP contribution in [0.15, 0.2) is 65.6 Å². The number of anilines is 2. The van der Waals surface area contributed by atoms with E-state index < -0.39 is 15.9 Å². The quantitative estimate of drug-likeness (QED) is 0.492. The van der Waals surface area contributed by atoms with Crippen LogP contribution in [0.25, 0.3) is 0 Å². The zero-order chi connectivity index (χ0) is 22.6. The Labute approximate surface area is 189 Å². The van der Waals surface area contributed by atoms with Gasteiger partial charge in [0.05, 0.1) is 40.5 Å². The Morgan fingerprint density at radius 1 is 0.839 bits per heavy atom. The van der Waals surface area contributed by atoms with Crippen molar-refractivity contribution in [3.63, 3.8) is 0 Å². The number of carbonyl (C=O) groups is 1. The van der Waals surface area contributed by atoms with Crippen LogP contribution in [0.1, 0.15) is 10.4 Å². The molecule has 3 rings (SSSR count). The maximum absolute atomic E-state index is 12.9. The van der Waals surface area contributed by atoms with Gasteiger partial charge in [0.15, 0.2) is 0 Å². The molecule has 0 aliphatic heterocycles. The zero-order valence-electron chi connectivity index (χ0n) is 16.5. The summed E-state index contributed by atoms with van der Waals surface area (Å²) in [6, 6.07) is 15.1. The van der Waals surface area contributed by atoms with Gasteiger partial charge < -0.3 is 14.8 Å². The number of para-hydroxylation sites is 2. The molecule has 0 unspecified atom stereocenters. The van der Waals surface area contributed by atoms with E-state index in [4.69, 9.17) is 32.7 Å². The minimum absolute atomic E-state index is 0.0800. The Hall–Kier alpha value is -2.94. The van der Waals surface area contributed by atoms with Crippen LogP contribution in [0.2, 0.25) is 10.0 Å². The number of sulfonamides is 1. The Bertz CT molecular complexity index is 1230. The van der Waals surface area contributed by atoms with Crippen LogP contribution in [0.3, 0.4) is 0 Å². The first-order valence-electron chi connectivity index (χ1n) is 8.85. The van der Waals surface area contributed by atoms with Crippen molar-refractivity contribution in [2.24, 2.45) is 0 Å². The van der Waals surface area contributed by atoms with Crippen LogP contribution >= 0.6 is 23.2 Å². The molecule has 0 heterocycles. The number of rotatable bonds is 7. The maximum Gasteiger partial charge on any atom is 0.262 e. The van der Waals surface area contributed by atoms with Crippen molar-refractivity contribution in [2.45, 2.75) is 4.90 Å². The molecule has 0 bridgehead atoms. The van der Waals surface area contributed by atoms with Crippen LogP contribution in [0, 0.1) is 0 Å². The van der Waals surface area contributed by atoms with Crippen molar-refractivity contribution in [2.75, 3.05) is 24.3 Å². The second-order valence-electron chi connectivity index (χ2n) is 6.25. The highest BCUT2D eigenvalue weighted by Crippen LogP contribution is 2.31. The largest absolute Gasteiger partial charge is 0.495 e. The van der Waals surface area contributed by atoms with E-state index >= 15 is 0 Å². The van der Waals surface area contributed by atoms with Crippen LogP contribution in [-0.2, 0) is 10.0 Å². The fraction of sp³-hybridized carbons (Fsp3) is 0.0952. The zero-order valence-corrected chi connectivity index (χ0v) is 18.8. The number of hydrogen-bond donors (Lipinski definition) is 2. The van der Waals surface area contributed by atoms with Gasteiger partial charge in [-0.3, -0.25) is 9.52 Å². The third kappa shape index (κ3) is 5.22. The summed E-state index contributed by atoms with van der Waals surface area (Å²) in [6.45, 7) is 0. The third-order valence-corrected chi connectivity index (χ3v) is 6.36. The molecule has 162 valence electrons. The Morgan fingerprint density at radius 2 is 1.52 bits per heavy atom. The van der Waals surface area contributed by atoms with Gasteiger partial charge in [-0.15, -0.1) is 0 Å². The number of ether oxygens (including phenoxy) is 2. The first-order chi connectivity index (χ1) is 14.7. The monoisotopic (exact) mass is 480 g/mol. The highest BCUT2D eigenvalue weighted by Gasteiger charge is 2.20. The smallest absolute Gasteiger partial charge is 0.262 e. The Morgan fingerprint density at radius 3 is 2.19 bits per heavy atom. The number of amides is 1. The van der Waals surface area contributed by atoms with E-state index in [1.54, 1.807) is 24.3 Å². The molecule has 3 aromatic carbocycles. The summed E-state index contributed by atoms with van der Waals surface area (Å²) < 4.78 is 38.7. The van der Waals surface area contributed by atoms with Gasteiger partial charge in [-0.05, 0) is 48.5 Å². The molecule has 0 aliphatic rings. The molecule has 0 aromatic heterocycles. The first-order valence-corrected chi connectivity index (χ1v) is 11.1. The summed E-state index contributed by atoms with van der Waals surface area (Å²) in [7, 11) is -1.13. The van der Waals surface area contributed by atoms with Gasteiger partial charge in [0.2, 0.25) is 0 Å². The summed E-state index contributed by atoms with van der Waals surface area (Å²) in [5, 5.41) is 3.17. The topological polar surface area (TPSA) is 93.7 Å². The van der Waals surface area contributed by atoms with Crippen molar-refractivity contribution in [3.8, 4) is 11.5 Å². The van der Waals surface area contributed by atoms with Crippen molar-refractivity contribution >= 4 is 50.5 Å². The van der Waals surface area contributed by atoms with E-state index in [1.807, 2.05) is 0 Å². The van der Waals surface area contributed by atoms with Gasteiger partial charge >= 0.3 is 0 Å². The van der Waals surface area contributed by atoms with Crippen LogP contribution in [-0.4, -0.2) is 28.5 Å². The second kappa shape index (κ2) is 9.47. The average molecular weight is 481 g/mol. The highest BCUT2D eigenvalue weighted by molar-refractivity contribution is 7.92. The molecule has 0 spiro atoms. The summed E-state index contributed by atoms with van der Waals surface area (Å²) in [4.78, 5) is 12.6. The minimum atomic E-state index is -3.98. The molecule has 0 fully saturated rings. The van der Waals surface area contributed by atoms with E-state index in [0.717, 1.165) is 0 Å². The van der Waals surface area contributed by atoms with Crippen molar-refractivity contribution in [1.82, 2.24) is 0 Å². The van der Waals surface area contributed by atoms with Crippen LogP contribution in [0.5, 0.6) is 11.5 Å². The van der Waals surface area contributed by atoms with Crippen molar-refractivity contribution < 1.29 is 22.7 Å². The lowest BCUT2D eigenvalue weighted by molar-refractivity contribution is 0.102. The summed E-state index contributed by atoms with van der Waals surface area (Å²) >= 11 is 11.9. The molecule has 0 radical (unpaired) electrons. The van der Waals surface area contributed by atoms with E-state index in [0.29, 0.717) is 10.8 Å². The number of methoxy groups -OCH3 is 2. The minimum Gasteiger partial charge on any atom is -0.495 e. The van der Waals surface area contributed by atoms with E-state index in [9.17, 15) is 13.2 Å². The van der Waals surface area contributed by atoms with Gasteiger partial charge in [0.25, 0.3) is 15.9 Å². The summed E-state index contributed by atoms with van der Waals surface area (Å²) in [5.41, 5.74) is 0.695. The van der Waals surface area contributed by atoms with E-state index in [-0.39, 0.29) is 32.6 Å². The molecule has 0 atom stereocenters. The number of nitrogens with one attached hydrogen (secondary N) is 2. The molecule has 0 aliphatic carbocycles. The molecular weight excluding hydrogens is 463 g/mol. The first kappa shape index (κ1) is 22.7. The normalized spacial score (nSPS) is 11.0. The number of carbonyl (C=O) groups excluding carboxylic acids is 1. The van der Waals surface area contributed by atoms with Gasteiger partial charge in [-0.1, -0.05) is 35.3 Å². The molecule has 0 saturated carbocycles. The van der Waals surface area contributed by atoms with Crippen molar-refractivity contribution in [1.29, 1.82) is 0 Å². The second-order valence-corrected chi connectivity index (χ2v) is 8.75. The molecule has 7 nitrogen and oxygen atoms in total. The molecule has 31 heavy (non-hydrogen) atoms. The molecule has 0 saturated heterocycles. The lowest BCUT2D eigenvalue weighted by atomic mass is 10.2. The number of benzene rings is 3. The lowest BCUT2D eigenvalue weighted by Crippen LogP contribution is -2.16. The SMILES string of the molecule is COc1ccc(S(=O)(=O)Nc2ccccc2OC)cc1NC(=O)c1ccc(Cl)c(Cl)c1. The molecule has 2 N–H and O–H groups in total. The molecule has 3 aromatic rings. The predicted octanol–water partition coefficient (Wildman–Crippen LogP) is 5.06. The van der Waals surface area contributed by atoms with Gasteiger partial charge in [0.1, 0.15) is 11.5 Å². The fourth-order valence-corrected chi connectivity index (χ4v) is 4.11. The fourth-order valence-electron chi connectivity index (χ4n) is 2.72. The standard InChI is InChI=1S/C21H18Cl2N2O5S/c1-29-19-6-4-3-5-17(19)25-31(27,28)14-8-10-20(30-2)18(12-14)24-21(26)13-7-9-15(22)16(23)11-13/h3-12,25H,1-2H3,(H,24,26). The predicted molar refractivity (Wildman–Crippen MR) is 121 cm³/mol.